The lowest BCUT2D eigenvalue weighted by atomic mass is 9.97. The molecule has 0 bridgehead atoms. The molecule has 0 radical (unpaired) electrons. The van der Waals surface area contributed by atoms with E-state index in [1.165, 1.54) is 6.92 Å². The van der Waals surface area contributed by atoms with Crippen LogP contribution in [0.5, 0.6) is 0 Å². The van der Waals surface area contributed by atoms with Crippen molar-refractivity contribution >= 4 is 40.5 Å². The van der Waals surface area contributed by atoms with Gasteiger partial charge < -0.3 is 6.15 Å². The van der Waals surface area contributed by atoms with Crippen molar-refractivity contribution in [3.63, 3.8) is 0 Å². The van der Waals surface area contributed by atoms with Gasteiger partial charge in [0.15, 0.2) is 4.75 Å². The van der Waals surface area contributed by atoms with Gasteiger partial charge in [-0.05, 0) is 27.2 Å². The van der Waals surface area contributed by atoms with Gasteiger partial charge in [0.25, 0.3) is 40.5 Å². The monoisotopic (exact) mass is 479 g/mol. The molecule has 17 heteroatoms. The Balaban J connectivity index is 0. The van der Waals surface area contributed by atoms with E-state index in [-0.39, 0.29) is 12.6 Å². The summed E-state index contributed by atoms with van der Waals surface area (Å²) in [4.78, 5) is 0. The zero-order valence-electron chi connectivity index (χ0n) is 15.0. The first kappa shape index (κ1) is 28.8. The van der Waals surface area contributed by atoms with Crippen LogP contribution in [0.25, 0.3) is 0 Å². The smallest absolute Gasteiger partial charge is 0.277 e. The van der Waals surface area contributed by atoms with Crippen molar-refractivity contribution in [1.29, 1.82) is 0 Å². The molecule has 0 saturated carbocycles. The van der Waals surface area contributed by atoms with E-state index < -0.39 is 67.6 Å². The average Bonchev–Trinajstić information content (AvgIpc) is 2.42. The standard InChI is InChI=1S/C10H22O12S4.H3N/c1-5-6-22-26(20,21)10(7(2)23(11,12)13,8(3)24(14,15)16)9(4)25(17,18)19;/h7-9H,5-6H2,1-4H3,(H,11,12,13)(H,14,15,16)(H,17,18,19);1H3. The number of rotatable bonds is 10. The molecule has 3 unspecified atom stereocenters. The van der Waals surface area contributed by atoms with Gasteiger partial charge in [-0.15, -0.1) is 0 Å². The highest BCUT2D eigenvalue weighted by atomic mass is 32.2. The predicted molar refractivity (Wildman–Crippen MR) is 95.9 cm³/mol. The van der Waals surface area contributed by atoms with Crippen molar-refractivity contribution in [1.82, 2.24) is 6.15 Å². The van der Waals surface area contributed by atoms with Gasteiger partial charge in [0, 0.05) is 0 Å². The molecule has 0 aromatic heterocycles. The summed E-state index contributed by atoms with van der Waals surface area (Å²) in [6.45, 7) is 2.42. The second-order valence-corrected chi connectivity index (χ2v) is 12.7. The van der Waals surface area contributed by atoms with Crippen LogP contribution in [0, 0.1) is 0 Å². The summed E-state index contributed by atoms with van der Waals surface area (Å²) in [5.74, 6) is 0. The van der Waals surface area contributed by atoms with Crippen LogP contribution in [0.15, 0.2) is 0 Å². The lowest BCUT2D eigenvalue weighted by Gasteiger charge is -2.41. The van der Waals surface area contributed by atoms with Crippen LogP contribution in [0.4, 0.5) is 0 Å². The Labute approximate surface area is 159 Å². The average molecular weight is 480 g/mol. The summed E-state index contributed by atoms with van der Waals surface area (Å²) in [6.07, 6.45) is 0.0517. The maximum absolute atomic E-state index is 12.7. The first-order chi connectivity index (χ1) is 11.3. The third-order valence-corrected chi connectivity index (χ3v) is 10.8. The van der Waals surface area contributed by atoms with Crippen LogP contribution in [0.2, 0.25) is 0 Å². The van der Waals surface area contributed by atoms with Gasteiger partial charge in [-0.1, -0.05) is 6.92 Å². The van der Waals surface area contributed by atoms with Crippen LogP contribution in [-0.4, -0.2) is 74.4 Å². The first-order valence-corrected chi connectivity index (χ1v) is 13.0. The van der Waals surface area contributed by atoms with Gasteiger partial charge in [0.2, 0.25) is 0 Å². The number of hydrogen-bond acceptors (Lipinski definition) is 10. The van der Waals surface area contributed by atoms with Gasteiger partial charge in [-0.3, -0.25) is 17.8 Å². The summed E-state index contributed by atoms with van der Waals surface area (Å²) in [5.41, 5.74) is 0. The molecule has 0 aliphatic rings. The molecular formula is C10H25NO12S4. The van der Waals surface area contributed by atoms with Gasteiger partial charge in [0.05, 0.1) is 6.61 Å². The third-order valence-electron chi connectivity index (χ3n) is 4.12. The van der Waals surface area contributed by atoms with Crippen molar-refractivity contribution < 1.29 is 51.5 Å². The summed E-state index contributed by atoms with van der Waals surface area (Å²) in [6, 6.07) is 0. The molecule has 6 N–H and O–H groups in total. The van der Waals surface area contributed by atoms with Gasteiger partial charge in [-0.25, -0.2) is 0 Å². The van der Waals surface area contributed by atoms with Gasteiger partial charge in [-0.2, -0.15) is 33.7 Å². The first-order valence-electron chi connectivity index (χ1n) is 7.05. The fourth-order valence-electron chi connectivity index (χ4n) is 2.59. The molecule has 0 spiro atoms. The molecule has 3 atom stereocenters. The van der Waals surface area contributed by atoms with Crippen molar-refractivity contribution in [2.24, 2.45) is 0 Å². The zero-order chi connectivity index (χ0) is 21.4. The highest BCUT2D eigenvalue weighted by molar-refractivity contribution is 7.95. The minimum Gasteiger partial charge on any atom is -0.344 e. The minimum absolute atomic E-state index is 0. The topological polar surface area (TPSA) is 241 Å². The summed E-state index contributed by atoms with van der Waals surface area (Å²) >= 11 is 0. The molecule has 0 amide bonds. The molecule has 0 aromatic rings. The minimum atomic E-state index is -5.41. The fraction of sp³-hybridized carbons (Fsp3) is 1.00. The van der Waals surface area contributed by atoms with Crippen LogP contribution in [-0.2, 0) is 44.7 Å². The molecule has 27 heavy (non-hydrogen) atoms. The van der Waals surface area contributed by atoms with Crippen molar-refractivity contribution in [3.8, 4) is 0 Å². The fourth-order valence-corrected chi connectivity index (χ4v) is 9.44. The van der Waals surface area contributed by atoms with E-state index in [4.69, 9.17) is 0 Å². The molecule has 0 fully saturated rings. The van der Waals surface area contributed by atoms with Crippen LogP contribution < -0.4 is 6.15 Å². The van der Waals surface area contributed by atoms with Crippen molar-refractivity contribution in [3.05, 3.63) is 0 Å². The molecule has 0 saturated heterocycles. The Morgan fingerprint density at radius 1 is 0.741 bits per heavy atom. The summed E-state index contributed by atoms with van der Waals surface area (Å²) < 4.78 is 124. The Morgan fingerprint density at radius 3 is 1.19 bits per heavy atom. The maximum Gasteiger partial charge on any atom is 0.277 e. The van der Waals surface area contributed by atoms with Gasteiger partial charge >= 0.3 is 0 Å². The predicted octanol–water partition coefficient (Wildman–Crippen LogP) is -0.527. The Hall–Kier alpha value is -0.400. The zero-order valence-corrected chi connectivity index (χ0v) is 18.3. The Bertz CT molecular complexity index is 826. The maximum atomic E-state index is 12.7. The third kappa shape index (κ3) is 5.80. The van der Waals surface area contributed by atoms with Gasteiger partial charge in [0.1, 0.15) is 15.7 Å². The molecule has 0 aliphatic carbocycles. The SMILES string of the molecule is CCCOS(=O)(=O)C(C(C)S(=O)(=O)O)(C(C)S(=O)(=O)O)C(C)S(=O)(=O)O.N. The summed E-state index contributed by atoms with van der Waals surface area (Å²) in [7, 11) is -21.6. The van der Waals surface area contributed by atoms with E-state index in [0.717, 1.165) is 0 Å². The number of hydrogen-bond donors (Lipinski definition) is 4. The molecule has 0 aliphatic heterocycles. The van der Waals surface area contributed by atoms with E-state index in [1.807, 2.05) is 0 Å². The highest BCUT2D eigenvalue weighted by Crippen LogP contribution is 2.40. The molecule has 13 nitrogen and oxygen atoms in total. The molecule has 0 rings (SSSR count). The van der Waals surface area contributed by atoms with E-state index >= 15 is 0 Å². The quantitative estimate of drug-likeness (QED) is 0.228. The summed E-state index contributed by atoms with van der Waals surface area (Å²) in [5, 5.41) is -7.86. The largest absolute Gasteiger partial charge is 0.344 e. The van der Waals surface area contributed by atoms with Crippen LogP contribution in [0.3, 0.4) is 0 Å². The second-order valence-electron chi connectivity index (χ2n) is 5.60. The molecule has 166 valence electrons. The van der Waals surface area contributed by atoms with E-state index in [2.05, 4.69) is 4.18 Å². The Kier molecular flexibility index (Phi) is 9.55. The van der Waals surface area contributed by atoms with E-state index in [0.29, 0.717) is 20.8 Å². The van der Waals surface area contributed by atoms with Crippen LogP contribution in [0.1, 0.15) is 34.1 Å². The molecular weight excluding hydrogens is 454 g/mol. The van der Waals surface area contributed by atoms with E-state index in [1.54, 1.807) is 0 Å². The lowest BCUT2D eigenvalue weighted by Crippen LogP contribution is -2.68. The Morgan fingerprint density at radius 2 is 1.00 bits per heavy atom. The molecule has 0 heterocycles. The molecule has 0 aromatic carbocycles. The lowest BCUT2D eigenvalue weighted by molar-refractivity contribution is 0.282. The van der Waals surface area contributed by atoms with Crippen molar-refractivity contribution in [2.75, 3.05) is 6.61 Å². The van der Waals surface area contributed by atoms with E-state index in [9.17, 15) is 47.3 Å². The van der Waals surface area contributed by atoms with Crippen LogP contribution >= 0.6 is 0 Å². The normalized spacial score (nSPS) is 19.4. The second kappa shape index (κ2) is 8.95. The van der Waals surface area contributed by atoms with Crippen molar-refractivity contribution in [2.45, 2.75) is 54.6 Å². The highest BCUT2D eigenvalue weighted by Gasteiger charge is 2.67.